The predicted octanol–water partition coefficient (Wildman–Crippen LogP) is 12.6. The molecule has 11 rings (SSSR count). The van der Waals surface area contributed by atoms with Crippen molar-refractivity contribution < 1.29 is 0 Å². The molecule has 0 saturated heterocycles. The van der Waals surface area contributed by atoms with Crippen molar-refractivity contribution >= 4 is 65.4 Å². The van der Waals surface area contributed by atoms with Crippen LogP contribution in [0.1, 0.15) is 0 Å². The van der Waals surface area contributed by atoms with E-state index in [0.717, 1.165) is 17.1 Å². The van der Waals surface area contributed by atoms with Crippen LogP contribution in [-0.2, 0) is 0 Å². The van der Waals surface area contributed by atoms with Gasteiger partial charge in [0, 0.05) is 49.3 Å². The fourth-order valence-electron chi connectivity index (χ4n) is 8.47. The van der Waals surface area contributed by atoms with Gasteiger partial charge in [0.05, 0.1) is 38.8 Å². The highest BCUT2D eigenvalue weighted by Crippen LogP contribution is 2.41. The molecule has 0 atom stereocenters. The van der Waals surface area contributed by atoms with E-state index in [2.05, 4.69) is 202 Å². The Bertz CT molecular complexity index is 3080. The highest BCUT2D eigenvalue weighted by Gasteiger charge is 2.20. The monoisotopic (exact) mass is 649 g/mol. The standard InChI is InChI=1S/C48H31N3/c1-2-16-33(17-3-1)49-45-27-12-7-22-38(45)40-30-41-39-23-8-13-28-46(39)51(48(41)31-47(40)49)42-24-9-4-19-35(42)32-15-14-18-34(29-32)50-43-25-10-5-20-36(43)37-21-6-11-26-44(37)50/h1-31H. The van der Waals surface area contributed by atoms with E-state index in [4.69, 9.17) is 0 Å². The molecule has 0 bridgehead atoms. The van der Waals surface area contributed by atoms with Crippen molar-refractivity contribution in [1.29, 1.82) is 0 Å². The maximum absolute atomic E-state index is 2.47. The van der Waals surface area contributed by atoms with Crippen LogP contribution in [-0.4, -0.2) is 13.7 Å². The molecule has 0 aliphatic rings. The summed E-state index contributed by atoms with van der Waals surface area (Å²) in [7, 11) is 0. The lowest BCUT2D eigenvalue weighted by Gasteiger charge is -2.16. The molecule has 0 amide bonds. The van der Waals surface area contributed by atoms with Crippen LogP contribution in [0.25, 0.3) is 93.6 Å². The van der Waals surface area contributed by atoms with E-state index in [0.29, 0.717) is 0 Å². The van der Waals surface area contributed by atoms with Gasteiger partial charge in [-0.3, -0.25) is 0 Å². The minimum atomic E-state index is 1.15. The van der Waals surface area contributed by atoms with Crippen LogP contribution < -0.4 is 0 Å². The minimum absolute atomic E-state index is 1.15. The Balaban J connectivity index is 1.19. The third-order valence-electron chi connectivity index (χ3n) is 10.6. The maximum atomic E-state index is 2.47. The first kappa shape index (κ1) is 28.0. The third kappa shape index (κ3) is 4.06. The van der Waals surface area contributed by atoms with Gasteiger partial charge in [0.25, 0.3) is 0 Å². The summed E-state index contributed by atoms with van der Waals surface area (Å²) in [5.41, 5.74) is 13.1. The summed E-state index contributed by atoms with van der Waals surface area (Å²) in [4.78, 5) is 0. The van der Waals surface area contributed by atoms with Crippen molar-refractivity contribution in [2.45, 2.75) is 0 Å². The Morgan fingerprint density at radius 3 is 1.33 bits per heavy atom. The van der Waals surface area contributed by atoms with Crippen LogP contribution in [0.2, 0.25) is 0 Å². The number of para-hydroxylation sites is 6. The van der Waals surface area contributed by atoms with E-state index >= 15 is 0 Å². The third-order valence-corrected chi connectivity index (χ3v) is 10.6. The maximum Gasteiger partial charge on any atom is 0.0562 e. The van der Waals surface area contributed by atoms with Gasteiger partial charge in [-0.1, -0.05) is 121 Å². The average Bonchev–Trinajstić information content (AvgIpc) is 3.83. The highest BCUT2D eigenvalue weighted by atomic mass is 15.0. The van der Waals surface area contributed by atoms with E-state index in [1.54, 1.807) is 0 Å². The first-order chi connectivity index (χ1) is 25.3. The topological polar surface area (TPSA) is 14.8 Å². The number of hydrogen-bond donors (Lipinski definition) is 0. The molecule has 0 spiro atoms. The van der Waals surface area contributed by atoms with Gasteiger partial charge in [-0.05, 0) is 72.3 Å². The number of hydrogen-bond acceptors (Lipinski definition) is 0. The van der Waals surface area contributed by atoms with Gasteiger partial charge in [0.2, 0.25) is 0 Å². The van der Waals surface area contributed by atoms with Crippen LogP contribution in [0.5, 0.6) is 0 Å². The molecule has 51 heavy (non-hydrogen) atoms. The first-order valence-corrected chi connectivity index (χ1v) is 17.5. The zero-order chi connectivity index (χ0) is 33.5. The number of aromatic nitrogens is 3. The molecule has 3 heterocycles. The van der Waals surface area contributed by atoms with Crippen molar-refractivity contribution in [3.8, 4) is 28.2 Å². The van der Waals surface area contributed by atoms with Crippen molar-refractivity contribution in [1.82, 2.24) is 13.7 Å². The molecular weight excluding hydrogens is 619 g/mol. The number of rotatable bonds is 4. The van der Waals surface area contributed by atoms with E-state index in [-0.39, 0.29) is 0 Å². The second kappa shape index (κ2) is 10.8. The van der Waals surface area contributed by atoms with Gasteiger partial charge in [-0.2, -0.15) is 0 Å². The molecule has 0 saturated carbocycles. The number of benzene rings is 8. The Hall–Kier alpha value is -6.84. The predicted molar refractivity (Wildman–Crippen MR) is 215 cm³/mol. The minimum Gasteiger partial charge on any atom is -0.309 e. The fourth-order valence-corrected chi connectivity index (χ4v) is 8.47. The van der Waals surface area contributed by atoms with Crippen molar-refractivity contribution in [3.63, 3.8) is 0 Å². The molecule has 0 fully saturated rings. The zero-order valence-corrected chi connectivity index (χ0v) is 27.7. The quantitative estimate of drug-likeness (QED) is 0.180. The van der Waals surface area contributed by atoms with Crippen LogP contribution >= 0.6 is 0 Å². The molecule has 3 aromatic heterocycles. The van der Waals surface area contributed by atoms with Gasteiger partial charge in [-0.15, -0.1) is 0 Å². The molecule has 8 aromatic carbocycles. The molecule has 0 N–H and O–H groups in total. The Labute approximate surface area is 294 Å². The number of nitrogens with zero attached hydrogens (tertiary/aromatic N) is 3. The molecule has 0 aliphatic heterocycles. The second-order valence-corrected chi connectivity index (χ2v) is 13.4. The largest absolute Gasteiger partial charge is 0.309 e. The summed E-state index contributed by atoms with van der Waals surface area (Å²) >= 11 is 0. The van der Waals surface area contributed by atoms with Gasteiger partial charge in [-0.25, -0.2) is 0 Å². The van der Waals surface area contributed by atoms with E-state index in [1.165, 1.54) is 76.5 Å². The normalized spacial score (nSPS) is 11.9. The molecule has 3 nitrogen and oxygen atoms in total. The summed E-state index contributed by atoms with van der Waals surface area (Å²) in [6, 6.07) is 68.4. The molecule has 0 aliphatic carbocycles. The first-order valence-electron chi connectivity index (χ1n) is 17.5. The van der Waals surface area contributed by atoms with Crippen LogP contribution in [0.4, 0.5) is 0 Å². The summed E-state index contributed by atoms with van der Waals surface area (Å²) in [6.07, 6.45) is 0. The molecule has 0 radical (unpaired) electrons. The summed E-state index contributed by atoms with van der Waals surface area (Å²) in [6.45, 7) is 0. The Morgan fingerprint density at radius 2 is 0.706 bits per heavy atom. The van der Waals surface area contributed by atoms with Gasteiger partial charge in [0.1, 0.15) is 0 Å². The molecule has 11 aromatic rings. The van der Waals surface area contributed by atoms with E-state index in [9.17, 15) is 0 Å². The van der Waals surface area contributed by atoms with Gasteiger partial charge in [0.15, 0.2) is 0 Å². The summed E-state index contributed by atoms with van der Waals surface area (Å²) in [5, 5.41) is 7.56. The zero-order valence-electron chi connectivity index (χ0n) is 27.7. The Kier molecular flexibility index (Phi) is 5.96. The van der Waals surface area contributed by atoms with E-state index < -0.39 is 0 Å². The van der Waals surface area contributed by atoms with Crippen molar-refractivity contribution in [3.05, 3.63) is 188 Å². The molecule has 3 heteroatoms. The van der Waals surface area contributed by atoms with Gasteiger partial charge < -0.3 is 13.7 Å². The fraction of sp³-hybridized carbons (Fsp3) is 0. The lowest BCUT2D eigenvalue weighted by Crippen LogP contribution is -1.99. The SMILES string of the molecule is c1ccc(-n2c3ccccc3c3cc4c5ccccc5n(-c5ccccc5-c5cccc(-n6c7ccccc7c7ccccc76)c5)c4cc32)cc1. The molecule has 238 valence electrons. The van der Waals surface area contributed by atoms with Crippen LogP contribution in [0.15, 0.2) is 188 Å². The van der Waals surface area contributed by atoms with Crippen LogP contribution in [0.3, 0.4) is 0 Å². The number of fused-ring (bicyclic) bond motifs is 9. The van der Waals surface area contributed by atoms with Crippen molar-refractivity contribution in [2.24, 2.45) is 0 Å². The van der Waals surface area contributed by atoms with Crippen molar-refractivity contribution in [2.75, 3.05) is 0 Å². The summed E-state index contributed by atoms with van der Waals surface area (Å²) < 4.78 is 7.28. The van der Waals surface area contributed by atoms with E-state index in [1.807, 2.05) is 0 Å². The average molecular weight is 650 g/mol. The van der Waals surface area contributed by atoms with Gasteiger partial charge >= 0.3 is 0 Å². The smallest absolute Gasteiger partial charge is 0.0562 e. The lowest BCUT2D eigenvalue weighted by molar-refractivity contribution is 1.16. The highest BCUT2D eigenvalue weighted by molar-refractivity contribution is 6.19. The Morgan fingerprint density at radius 1 is 0.255 bits per heavy atom. The summed E-state index contributed by atoms with van der Waals surface area (Å²) in [5.74, 6) is 0. The second-order valence-electron chi connectivity index (χ2n) is 13.4. The van der Waals surface area contributed by atoms with Crippen LogP contribution in [0, 0.1) is 0 Å². The molecular formula is C48H31N3. The molecule has 0 unspecified atom stereocenters. The lowest BCUT2D eigenvalue weighted by atomic mass is 10.0.